The Morgan fingerprint density at radius 1 is 1.03 bits per heavy atom. The first-order valence-electron chi connectivity index (χ1n) is 8.62. The lowest BCUT2D eigenvalue weighted by Crippen LogP contribution is -2.27. The van der Waals surface area contributed by atoms with Gasteiger partial charge < -0.3 is 4.52 Å². The van der Waals surface area contributed by atoms with Gasteiger partial charge in [0.15, 0.2) is 0 Å². The summed E-state index contributed by atoms with van der Waals surface area (Å²) >= 11 is 0.695. The van der Waals surface area contributed by atoms with E-state index in [1.54, 1.807) is 12.1 Å². The van der Waals surface area contributed by atoms with Crippen LogP contribution in [0, 0.1) is 0 Å². The number of nitrogens with zero attached hydrogens (tertiary/aromatic N) is 3. The number of carbonyl (C=O) groups excluding carboxylic acids is 2. The highest BCUT2D eigenvalue weighted by atomic mass is 32.2. The molecule has 0 atom stereocenters. The molecule has 0 spiro atoms. The van der Waals surface area contributed by atoms with Crippen molar-refractivity contribution in [2.45, 2.75) is 12.7 Å². The van der Waals surface area contributed by atoms with Gasteiger partial charge in [-0.1, -0.05) is 47.6 Å². The van der Waals surface area contributed by atoms with Crippen LogP contribution in [0.3, 0.4) is 0 Å². The van der Waals surface area contributed by atoms with Crippen molar-refractivity contribution in [1.82, 2.24) is 15.0 Å². The molecule has 0 unspecified atom stereocenters. The van der Waals surface area contributed by atoms with Gasteiger partial charge in [0.05, 0.1) is 10.5 Å². The van der Waals surface area contributed by atoms with Crippen LogP contribution >= 0.6 is 11.8 Å². The van der Waals surface area contributed by atoms with Crippen molar-refractivity contribution in [3.05, 3.63) is 76.5 Å². The molecule has 0 radical (unpaired) electrons. The molecule has 6 nitrogen and oxygen atoms in total. The van der Waals surface area contributed by atoms with Gasteiger partial charge in [-0.15, -0.1) is 0 Å². The third-order valence-electron chi connectivity index (χ3n) is 4.20. The van der Waals surface area contributed by atoms with Crippen LogP contribution in [0.4, 0.5) is 18.0 Å². The number of rotatable bonds is 4. The lowest BCUT2D eigenvalue weighted by Gasteiger charge is -2.08. The van der Waals surface area contributed by atoms with E-state index >= 15 is 0 Å². The lowest BCUT2D eigenvalue weighted by atomic mass is 10.1. The van der Waals surface area contributed by atoms with Crippen LogP contribution < -0.4 is 0 Å². The van der Waals surface area contributed by atoms with Gasteiger partial charge in [-0.05, 0) is 35.5 Å². The van der Waals surface area contributed by atoms with E-state index in [-0.39, 0.29) is 17.3 Å². The van der Waals surface area contributed by atoms with Crippen LogP contribution in [0.5, 0.6) is 0 Å². The normalized spacial score (nSPS) is 16.0. The molecule has 3 aromatic rings. The Kier molecular flexibility index (Phi) is 5.17. The molecular weight excluding hydrogens is 419 g/mol. The summed E-state index contributed by atoms with van der Waals surface area (Å²) in [6, 6.07) is 13.4. The second-order valence-electron chi connectivity index (χ2n) is 6.27. The van der Waals surface area contributed by atoms with Crippen molar-refractivity contribution in [3.8, 4) is 11.4 Å². The Hall–Kier alpha value is -3.40. The number of hydrogen-bond acceptors (Lipinski definition) is 6. The Labute approximate surface area is 172 Å². The second-order valence-corrected chi connectivity index (χ2v) is 7.26. The van der Waals surface area contributed by atoms with Crippen molar-refractivity contribution in [1.29, 1.82) is 0 Å². The molecule has 0 N–H and O–H groups in total. The van der Waals surface area contributed by atoms with E-state index in [2.05, 4.69) is 10.1 Å². The smallest absolute Gasteiger partial charge is 0.337 e. The number of alkyl halides is 3. The summed E-state index contributed by atoms with van der Waals surface area (Å²) in [5.41, 5.74) is 0.305. The minimum absolute atomic E-state index is 0.0898. The summed E-state index contributed by atoms with van der Waals surface area (Å²) in [5, 5.41) is 3.31. The number of halogens is 3. The van der Waals surface area contributed by atoms with E-state index in [9.17, 15) is 22.8 Å². The predicted molar refractivity (Wildman–Crippen MR) is 103 cm³/mol. The van der Waals surface area contributed by atoms with E-state index < -0.39 is 22.9 Å². The van der Waals surface area contributed by atoms with Gasteiger partial charge in [0, 0.05) is 5.56 Å². The largest absolute Gasteiger partial charge is 0.416 e. The third kappa shape index (κ3) is 4.13. The first-order chi connectivity index (χ1) is 14.3. The first kappa shape index (κ1) is 19.9. The van der Waals surface area contributed by atoms with Gasteiger partial charge in [-0.2, -0.15) is 18.2 Å². The zero-order chi connectivity index (χ0) is 21.3. The molecule has 1 aromatic heterocycles. The zero-order valence-electron chi connectivity index (χ0n) is 15.1. The second kappa shape index (κ2) is 7.79. The topological polar surface area (TPSA) is 76.3 Å². The Bertz CT molecular complexity index is 1130. The Morgan fingerprint density at radius 3 is 2.40 bits per heavy atom. The maximum atomic E-state index is 12.7. The van der Waals surface area contributed by atoms with Crippen molar-refractivity contribution in [2.75, 3.05) is 0 Å². The Balaban J connectivity index is 1.49. The lowest BCUT2D eigenvalue weighted by molar-refractivity contribution is -0.137. The van der Waals surface area contributed by atoms with Gasteiger partial charge in [0.25, 0.3) is 11.1 Å². The average Bonchev–Trinajstić information content (AvgIpc) is 3.29. The highest BCUT2D eigenvalue weighted by Crippen LogP contribution is 2.34. The van der Waals surface area contributed by atoms with E-state index in [1.807, 2.05) is 18.2 Å². The van der Waals surface area contributed by atoms with Crippen LogP contribution in [-0.2, 0) is 17.5 Å². The van der Waals surface area contributed by atoms with E-state index in [0.717, 1.165) is 22.6 Å². The van der Waals surface area contributed by atoms with Crippen LogP contribution in [-0.4, -0.2) is 26.2 Å². The zero-order valence-corrected chi connectivity index (χ0v) is 15.9. The third-order valence-corrected chi connectivity index (χ3v) is 5.11. The van der Waals surface area contributed by atoms with Crippen molar-refractivity contribution in [2.24, 2.45) is 0 Å². The van der Waals surface area contributed by atoms with Crippen LogP contribution in [0.25, 0.3) is 17.5 Å². The molecule has 2 heterocycles. The average molecular weight is 431 g/mol. The van der Waals surface area contributed by atoms with E-state index in [1.165, 1.54) is 18.2 Å². The highest BCUT2D eigenvalue weighted by Gasteiger charge is 2.36. The van der Waals surface area contributed by atoms with Crippen molar-refractivity contribution < 1.29 is 27.3 Å². The summed E-state index contributed by atoms with van der Waals surface area (Å²) in [6.45, 7) is -0.200. The molecule has 1 aliphatic heterocycles. The number of thioether (sulfide) groups is 1. The van der Waals surface area contributed by atoms with E-state index in [4.69, 9.17) is 4.52 Å². The van der Waals surface area contributed by atoms with Gasteiger partial charge in [-0.25, -0.2) is 0 Å². The molecule has 2 amide bonds. The highest BCUT2D eigenvalue weighted by molar-refractivity contribution is 8.18. The van der Waals surface area contributed by atoms with Gasteiger partial charge >= 0.3 is 6.18 Å². The summed E-state index contributed by atoms with van der Waals surface area (Å²) in [5.74, 6) is -0.158. The molecule has 4 rings (SSSR count). The molecule has 1 fully saturated rings. The Morgan fingerprint density at radius 2 is 1.73 bits per heavy atom. The van der Waals surface area contributed by atoms with Crippen LogP contribution in [0.2, 0.25) is 0 Å². The van der Waals surface area contributed by atoms with Gasteiger partial charge in [0.1, 0.15) is 6.54 Å². The van der Waals surface area contributed by atoms with Crippen LogP contribution in [0.15, 0.2) is 64.0 Å². The molecule has 2 aromatic carbocycles. The molecule has 10 heteroatoms. The SMILES string of the molecule is O=C1SC(=Cc2ccc(C(F)(F)F)cc2)C(=O)N1Cc1nc(-c2ccccc2)no1. The standard InChI is InChI=1S/C20H12F3N3O3S/c21-20(22,23)14-8-6-12(7-9-14)10-15-18(27)26(19(28)30-15)11-16-24-17(25-29-16)13-4-2-1-3-5-13/h1-10H,11H2. The van der Waals surface area contributed by atoms with E-state index in [0.29, 0.717) is 23.1 Å². The monoisotopic (exact) mass is 431 g/mol. The fourth-order valence-corrected chi connectivity index (χ4v) is 3.55. The van der Waals surface area contributed by atoms with Gasteiger partial charge in [0.2, 0.25) is 11.7 Å². The fourth-order valence-electron chi connectivity index (χ4n) is 2.71. The molecule has 0 bridgehead atoms. The minimum atomic E-state index is -4.45. The number of benzene rings is 2. The molecule has 30 heavy (non-hydrogen) atoms. The van der Waals surface area contributed by atoms with Crippen molar-refractivity contribution >= 4 is 29.0 Å². The molecule has 0 saturated carbocycles. The number of hydrogen-bond donors (Lipinski definition) is 0. The number of aromatic nitrogens is 2. The maximum absolute atomic E-state index is 12.7. The number of imide groups is 1. The maximum Gasteiger partial charge on any atom is 0.416 e. The molecule has 0 aliphatic carbocycles. The summed E-state index contributed by atoms with van der Waals surface area (Å²) in [6.07, 6.45) is -3.08. The fraction of sp³-hybridized carbons (Fsp3) is 0.100. The van der Waals surface area contributed by atoms with Gasteiger partial charge in [-0.3, -0.25) is 14.5 Å². The predicted octanol–water partition coefficient (Wildman–Crippen LogP) is 4.99. The summed E-state index contributed by atoms with van der Waals surface area (Å²) < 4.78 is 43.1. The number of carbonyl (C=O) groups is 2. The molecule has 1 aliphatic rings. The number of amides is 2. The first-order valence-corrected chi connectivity index (χ1v) is 9.43. The molecular formula is C20H12F3N3O3S. The minimum Gasteiger partial charge on any atom is -0.337 e. The molecule has 1 saturated heterocycles. The van der Waals surface area contributed by atoms with Crippen molar-refractivity contribution in [3.63, 3.8) is 0 Å². The quantitative estimate of drug-likeness (QED) is 0.542. The molecule has 152 valence electrons. The van der Waals surface area contributed by atoms with Crippen LogP contribution in [0.1, 0.15) is 17.0 Å². The summed E-state index contributed by atoms with van der Waals surface area (Å²) in [4.78, 5) is 30.1. The summed E-state index contributed by atoms with van der Waals surface area (Å²) in [7, 11) is 0.